The van der Waals surface area contributed by atoms with Crippen LogP contribution in [0.1, 0.15) is 20.8 Å². The smallest absolute Gasteiger partial charge is 0.255 e. The van der Waals surface area contributed by atoms with E-state index >= 15 is 0 Å². The molecule has 4 N–H and O–H groups in total. The molecular formula is C15H13NO4S. The van der Waals surface area contributed by atoms with Crippen molar-refractivity contribution in [2.45, 2.75) is 6.54 Å². The Labute approximate surface area is 125 Å². The van der Waals surface area contributed by atoms with Gasteiger partial charge in [0.1, 0.15) is 6.61 Å². The third-order valence-electron chi connectivity index (χ3n) is 2.65. The highest BCUT2D eigenvalue weighted by Crippen LogP contribution is 2.28. The number of phenols is 2. The average Bonchev–Trinajstić information content (AvgIpc) is 2.93. The van der Waals surface area contributed by atoms with Gasteiger partial charge >= 0.3 is 0 Å². The molecule has 0 radical (unpaired) electrons. The minimum Gasteiger partial charge on any atom is -0.504 e. The number of rotatable bonds is 3. The van der Waals surface area contributed by atoms with Gasteiger partial charge in [0.15, 0.2) is 11.5 Å². The molecule has 0 aliphatic carbocycles. The summed E-state index contributed by atoms with van der Waals surface area (Å²) in [6.45, 7) is 0.0953. The molecule has 2 aromatic rings. The number of para-hydroxylation sites is 1. The van der Waals surface area contributed by atoms with Gasteiger partial charge in [-0.2, -0.15) is 0 Å². The van der Waals surface area contributed by atoms with Crippen LogP contribution < -0.4 is 5.32 Å². The molecular weight excluding hydrogens is 290 g/mol. The van der Waals surface area contributed by atoms with Crippen molar-refractivity contribution in [3.63, 3.8) is 0 Å². The molecule has 2 rings (SSSR count). The van der Waals surface area contributed by atoms with Crippen LogP contribution in [-0.2, 0) is 6.54 Å². The summed E-state index contributed by atoms with van der Waals surface area (Å²) >= 11 is 1.43. The first-order valence-corrected chi connectivity index (χ1v) is 6.96. The number of phenolic OH excluding ortho intramolecular Hbond substituents is 2. The molecule has 0 aliphatic heterocycles. The van der Waals surface area contributed by atoms with Crippen LogP contribution in [0.3, 0.4) is 0 Å². The molecule has 108 valence electrons. The molecule has 0 aliphatic rings. The van der Waals surface area contributed by atoms with Crippen molar-refractivity contribution in [1.82, 2.24) is 5.32 Å². The summed E-state index contributed by atoms with van der Waals surface area (Å²) in [5, 5.41) is 32.1. The highest BCUT2D eigenvalue weighted by Gasteiger charge is 2.13. The summed E-state index contributed by atoms with van der Waals surface area (Å²) in [5.74, 6) is 4.08. The maximum absolute atomic E-state index is 11.9. The van der Waals surface area contributed by atoms with E-state index in [0.717, 1.165) is 10.4 Å². The summed E-state index contributed by atoms with van der Waals surface area (Å²) < 4.78 is 0. The van der Waals surface area contributed by atoms with E-state index in [1.165, 1.54) is 29.5 Å². The van der Waals surface area contributed by atoms with Gasteiger partial charge in [-0.3, -0.25) is 4.79 Å². The maximum Gasteiger partial charge on any atom is 0.255 e. The summed E-state index contributed by atoms with van der Waals surface area (Å²) in [6, 6.07) is 6.03. The molecule has 0 atom stereocenters. The summed E-state index contributed by atoms with van der Waals surface area (Å²) in [7, 11) is 0. The van der Waals surface area contributed by atoms with Crippen molar-refractivity contribution in [3.05, 3.63) is 45.6 Å². The first-order chi connectivity index (χ1) is 10.1. The number of hydrogen-bond donors (Lipinski definition) is 4. The Morgan fingerprint density at radius 1 is 1.33 bits per heavy atom. The van der Waals surface area contributed by atoms with Gasteiger partial charge in [0.05, 0.1) is 12.1 Å². The second-order valence-electron chi connectivity index (χ2n) is 4.12. The number of carbonyl (C=O) groups is 1. The first kappa shape index (κ1) is 14.9. The number of aliphatic hydroxyl groups excluding tert-OH is 1. The highest BCUT2D eigenvalue weighted by atomic mass is 32.1. The van der Waals surface area contributed by atoms with Crippen LogP contribution >= 0.6 is 11.3 Å². The van der Waals surface area contributed by atoms with Crippen molar-refractivity contribution in [2.24, 2.45) is 0 Å². The largest absolute Gasteiger partial charge is 0.504 e. The Morgan fingerprint density at radius 2 is 2.14 bits per heavy atom. The third kappa shape index (κ3) is 3.75. The lowest BCUT2D eigenvalue weighted by Gasteiger charge is -2.06. The van der Waals surface area contributed by atoms with Crippen LogP contribution in [0.25, 0.3) is 0 Å². The first-order valence-electron chi connectivity index (χ1n) is 6.08. The van der Waals surface area contributed by atoms with Gasteiger partial charge in [-0.1, -0.05) is 17.9 Å². The van der Waals surface area contributed by atoms with Crippen LogP contribution in [-0.4, -0.2) is 27.8 Å². The number of carbonyl (C=O) groups excluding carboxylic acids is 1. The SMILES string of the molecule is O=C(NCc1cc(C#CCO)cs1)c1cccc(O)c1O. The standard InChI is InChI=1S/C15H13NO4S/c17-6-2-3-10-7-11(21-9-10)8-16-15(20)12-4-1-5-13(18)14(12)19/h1,4-5,7,9,17-19H,6,8H2,(H,16,20). The minimum absolute atomic E-state index is 0.0202. The summed E-state index contributed by atoms with van der Waals surface area (Å²) in [6.07, 6.45) is 0. The van der Waals surface area contributed by atoms with Gasteiger partial charge in [-0.15, -0.1) is 11.3 Å². The molecule has 21 heavy (non-hydrogen) atoms. The molecule has 0 bridgehead atoms. The van der Waals surface area contributed by atoms with Crippen LogP contribution in [0.15, 0.2) is 29.6 Å². The summed E-state index contributed by atoms with van der Waals surface area (Å²) in [4.78, 5) is 12.8. The van der Waals surface area contributed by atoms with Gasteiger partial charge in [0.2, 0.25) is 0 Å². The van der Waals surface area contributed by atoms with Gasteiger partial charge < -0.3 is 20.6 Å². The molecule has 0 fully saturated rings. The topological polar surface area (TPSA) is 89.8 Å². The van der Waals surface area contributed by atoms with Gasteiger partial charge in [0, 0.05) is 15.8 Å². The van der Waals surface area contributed by atoms with Crippen LogP contribution in [0.2, 0.25) is 0 Å². The lowest BCUT2D eigenvalue weighted by atomic mass is 10.1. The van der Waals surface area contributed by atoms with Crippen LogP contribution in [0.5, 0.6) is 11.5 Å². The molecule has 1 aromatic heterocycles. The normalized spacial score (nSPS) is 9.76. The van der Waals surface area contributed by atoms with E-state index in [2.05, 4.69) is 17.2 Å². The minimum atomic E-state index is -0.472. The Morgan fingerprint density at radius 3 is 2.90 bits per heavy atom. The molecule has 0 unspecified atom stereocenters. The lowest BCUT2D eigenvalue weighted by Crippen LogP contribution is -2.22. The number of aromatic hydroxyl groups is 2. The highest BCUT2D eigenvalue weighted by molar-refractivity contribution is 7.10. The van der Waals surface area contributed by atoms with E-state index in [4.69, 9.17) is 5.11 Å². The fourth-order valence-electron chi connectivity index (χ4n) is 1.66. The molecule has 0 saturated heterocycles. The molecule has 1 amide bonds. The Balaban J connectivity index is 2.01. The van der Waals surface area contributed by atoms with E-state index < -0.39 is 11.7 Å². The quantitative estimate of drug-likeness (QED) is 0.510. The molecule has 0 saturated carbocycles. The maximum atomic E-state index is 11.9. The number of benzene rings is 1. The zero-order chi connectivity index (χ0) is 15.2. The van der Waals surface area contributed by atoms with Crippen molar-refractivity contribution in [3.8, 4) is 23.3 Å². The summed E-state index contributed by atoms with van der Waals surface area (Å²) in [5.41, 5.74) is 0.797. The Kier molecular flexibility index (Phi) is 4.82. The fourth-order valence-corrected chi connectivity index (χ4v) is 2.41. The Bertz CT molecular complexity index is 712. The zero-order valence-corrected chi connectivity index (χ0v) is 11.8. The van der Waals surface area contributed by atoms with Crippen molar-refractivity contribution in [2.75, 3.05) is 6.61 Å². The van der Waals surface area contributed by atoms with Crippen molar-refractivity contribution < 1.29 is 20.1 Å². The lowest BCUT2D eigenvalue weighted by molar-refractivity contribution is 0.0948. The number of amides is 1. The average molecular weight is 303 g/mol. The molecule has 6 heteroatoms. The number of aliphatic hydroxyl groups is 1. The van der Waals surface area contributed by atoms with E-state index in [0.29, 0.717) is 6.54 Å². The van der Waals surface area contributed by atoms with Crippen LogP contribution in [0, 0.1) is 11.8 Å². The molecule has 1 heterocycles. The van der Waals surface area contributed by atoms with Gasteiger partial charge in [0.25, 0.3) is 5.91 Å². The predicted molar refractivity (Wildman–Crippen MR) is 79.2 cm³/mol. The van der Waals surface area contributed by atoms with Gasteiger partial charge in [-0.05, 0) is 18.2 Å². The second kappa shape index (κ2) is 6.79. The second-order valence-corrected chi connectivity index (χ2v) is 5.11. The monoisotopic (exact) mass is 303 g/mol. The van der Waals surface area contributed by atoms with Crippen molar-refractivity contribution >= 4 is 17.2 Å². The molecule has 0 spiro atoms. The Hall–Kier alpha value is -2.49. The third-order valence-corrected chi connectivity index (χ3v) is 3.58. The van der Waals surface area contributed by atoms with E-state index in [1.807, 2.05) is 11.4 Å². The van der Waals surface area contributed by atoms with Crippen LogP contribution in [0.4, 0.5) is 0 Å². The number of nitrogens with one attached hydrogen (secondary N) is 1. The number of thiophene rings is 1. The number of hydrogen-bond acceptors (Lipinski definition) is 5. The zero-order valence-electron chi connectivity index (χ0n) is 11.0. The molecule has 1 aromatic carbocycles. The van der Waals surface area contributed by atoms with E-state index in [9.17, 15) is 15.0 Å². The van der Waals surface area contributed by atoms with E-state index in [-0.39, 0.29) is 17.9 Å². The fraction of sp³-hybridized carbons (Fsp3) is 0.133. The van der Waals surface area contributed by atoms with Crippen molar-refractivity contribution in [1.29, 1.82) is 0 Å². The predicted octanol–water partition coefficient (Wildman–Crippen LogP) is 1.43. The van der Waals surface area contributed by atoms with E-state index in [1.54, 1.807) is 0 Å². The molecule has 5 nitrogen and oxygen atoms in total. The van der Waals surface area contributed by atoms with Gasteiger partial charge in [-0.25, -0.2) is 0 Å².